The predicted octanol–water partition coefficient (Wildman–Crippen LogP) is 0.517. The number of aliphatic hydroxyl groups is 1. The van der Waals surface area contributed by atoms with Gasteiger partial charge < -0.3 is 20.1 Å². The highest BCUT2D eigenvalue weighted by Crippen LogP contribution is 2.26. The first-order valence-electron chi connectivity index (χ1n) is 7.19. The molecule has 2 heterocycles. The molecule has 0 aromatic rings. The SMILES string of the molecule is CC1(C)CN(C(=O)C2(C)CCCCN2)CC(CO)O1. The molecule has 0 saturated carbocycles. The highest BCUT2D eigenvalue weighted by molar-refractivity contribution is 5.86. The minimum Gasteiger partial charge on any atom is -0.394 e. The molecule has 2 atom stereocenters. The van der Waals surface area contributed by atoms with Gasteiger partial charge in [-0.15, -0.1) is 0 Å². The molecule has 5 nitrogen and oxygen atoms in total. The number of hydrogen-bond acceptors (Lipinski definition) is 4. The van der Waals surface area contributed by atoms with Crippen molar-refractivity contribution in [1.29, 1.82) is 0 Å². The first-order valence-corrected chi connectivity index (χ1v) is 7.19. The van der Waals surface area contributed by atoms with Gasteiger partial charge in [-0.05, 0) is 46.6 Å². The molecule has 0 spiro atoms. The van der Waals surface area contributed by atoms with Crippen LogP contribution in [0.3, 0.4) is 0 Å². The fourth-order valence-corrected chi connectivity index (χ4v) is 3.13. The van der Waals surface area contributed by atoms with Gasteiger partial charge in [0, 0.05) is 13.1 Å². The summed E-state index contributed by atoms with van der Waals surface area (Å²) in [5.41, 5.74) is -0.849. The molecule has 110 valence electrons. The molecule has 0 aromatic carbocycles. The van der Waals surface area contributed by atoms with Crippen LogP contribution in [0.4, 0.5) is 0 Å². The number of carbonyl (C=O) groups excluding carboxylic acids is 1. The number of hydrogen-bond donors (Lipinski definition) is 2. The average molecular weight is 270 g/mol. The van der Waals surface area contributed by atoms with Gasteiger partial charge in [-0.2, -0.15) is 0 Å². The number of nitrogens with one attached hydrogen (secondary N) is 1. The van der Waals surface area contributed by atoms with Crippen LogP contribution in [0.25, 0.3) is 0 Å². The highest BCUT2D eigenvalue weighted by Gasteiger charge is 2.42. The molecule has 2 aliphatic rings. The molecule has 1 amide bonds. The second-order valence-corrected chi connectivity index (χ2v) is 6.58. The number of nitrogens with zero attached hydrogens (tertiary/aromatic N) is 1. The number of aliphatic hydroxyl groups excluding tert-OH is 1. The first-order chi connectivity index (χ1) is 8.86. The number of amides is 1. The van der Waals surface area contributed by atoms with Crippen molar-refractivity contribution in [1.82, 2.24) is 10.2 Å². The predicted molar refractivity (Wildman–Crippen MR) is 72.9 cm³/mol. The van der Waals surface area contributed by atoms with Gasteiger partial charge in [0.15, 0.2) is 0 Å². The van der Waals surface area contributed by atoms with Crippen molar-refractivity contribution in [2.45, 2.75) is 57.3 Å². The van der Waals surface area contributed by atoms with Crippen LogP contribution in [0, 0.1) is 0 Å². The lowest BCUT2D eigenvalue weighted by atomic mass is 9.88. The standard InChI is InChI=1S/C14H26N2O3/c1-13(2)10-16(8-11(9-17)19-13)12(18)14(3)6-4-5-7-15-14/h11,15,17H,4-10H2,1-3H3. The molecule has 0 bridgehead atoms. The topological polar surface area (TPSA) is 61.8 Å². The van der Waals surface area contributed by atoms with Crippen molar-refractivity contribution in [2.75, 3.05) is 26.2 Å². The van der Waals surface area contributed by atoms with E-state index in [1.54, 1.807) is 0 Å². The van der Waals surface area contributed by atoms with E-state index in [0.717, 1.165) is 25.8 Å². The normalized spacial score (nSPS) is 35.2. The van der Waals surface area contributed by atoms with Crippen LogP contribution >= 0.6 is 0 Å². The summed E-state index contributed by atoms with van der Waals surface area (Å²) in [6.45, 7) is 7.84. The van der Waals surface area contributed by atoms with Crippen LogP contribution in [-0.4, -0.2) is 59.4 Å². The zero-order valence-corrected chi connectivity index (χ0v) is 12.2. The first kappa shape index (κ1) is 14.8. The largest absolute Gasteiger partial charge is 0.394 e. The zero-order valence-electron chi connectivity index (χ0n) is 12.2. The average Bonchev–Trinajstić information content (AvgIpc) is 2.36. The Kier molecular flexibility index (Phi) is 4.18. The van der Waals surface area contributed by atoms with Crippen molar-refractivity contribution in [3.63, 3.8) is 0 Å². The minimum absolute atomic E-state index is 0.0443. The summed E-state index contributed by atoms with van der Waals surface area (Å²) < 4.78 is 5.76. The number of piperidine rings is 1. The summed E-state index contributed by atoms with van der Waals surface area (Å²) in [5.74, 6) is 0.141. The van der Waals surface area contributed by atoms with Gasteiger partial charge in [0.2, 0.25) is 5.91 Å². The maximum Gasteiger partial charge on any atom is 0.242 e. The highest BCUT2D eigenvalue weighted by atomic mass is 16.5. The van der Waals surface area contributed by atoms with Crippen molar-refractivity contribution in [3.05, 3.63) is 0 Å². The molecule has 5 heteroatoms. The van der Waals surface area contributed by atoms with Crippen LogP contribution in [0.5, 0.6) is 0 Å². The fourth-order valence-electron chi connectivity index (χ4n) is 3.13. The number of rotatable bonds is 2. The van der Waals surface area contributed by atoms with Crippen LogP contribution in [-0.2, 0) is 9.53 Å². The second kappa shape index (κ2) is 5.38. The molecule has 2 rings (SSSR count). The Morgan fingerprint density at radius 3 is 2.74 bits per heavy atom. The van der Waals surface area contributed by atoms with E-state index in [1.807, 2.05) is 25.7 Å². The summed E-state index contributed by atoms with van der Waals surface area (Å²) >= 11 is 0. The summed E-state index contributed by atoms with van der Waals surface area (Å²) in [6.07, 6.45) is 2.83. The third kappa shape index (κ3) is 3.27. The number of carbonyl (C=O) groups is 1. The van der Waals surface area contributed by atoms with Gasteiger partial charge in [0.25, 0.3) is 0 Å². The number of morpholine rings is 1. The van der Waals surface area contributed by atoms with E-state index >= 15 is 0 Å². The van der Waals surface area contributed by atoms with Crippen molar-refractivity contribution in [2.24, 2.45) is 0 Å². The smallest absolute Gasteiger partial charge is 0.242 e. The molecule has 2 fully saturated rings. The van der Waals surface area contributed by atoms with Crippen LogP contribution in [0.1, 0.15) is 40.0 Å². The Labute approximate surface area is 115 Å². The minimum atomic E-state index is -0.453. The molecule has 2 N–H and O–H groups in total. The van der Waals surface area contributed by atoms with Crippen LogP contribution in [0.2, 0.25) is 0 Å². The van der Waals surface area contributed by atoms with E-state index < -0.39 is 11.1 Å². The molecule has 2 aliphatic heterocycles. The van der Waals surface area contributed by atoms with Crippen molar-refractivity contribution < 1.29 is 14.6 Å². The molecule has 0 aromatic heterocycles. The van der Waals surface area contributed by atoms with Crippen molar-refractivity contribution >= 4 is 5.91 Å². The summed E-state index contributed by atoms with van der Waals surface area (Å²) in [4.78, 5) is 14.6. The maximum absolute atomic E-state index is 12.8. The molecule has 0 radical (unpaired) electrons. The summed E-state index contributed by atoms with van der Waals surface area (Å²) in [7, 11) is 0. The zero-order chi connectivity index (χ0) is 14.1. The van der Waals surface area contributed by atoms with Crippen LogP contribution in [0.15, 0.2) is 0 Å². The van der Waals surface area contributed by atoms with Gasteiger partial charge >= 0.3 is 0 Å². The Balaban J connectivity index is 2.09. The lowest BCUT2D eigenvalue weighted by molar-refractivity contribution is -0.171. The summed E-state index contributed by atoms with van der Waals surface area (Å²) in [5, 5.41) is 12.7. The molecule has 2 saturated heterocycles. The van der Waals surface area contributed by atoms with Crippen LogP contribution < -0.4 is 5.32 Å². The quantitative estimate of drug-likeness (QED) is 0.768. The molecular weight excluding hydrogens is 244 g/mol. The van der Waals surface area contributed by atoms with Gasteiger partial charge in [-0.3, -0.25) is 4.79 Å². The molecule has 2 unspecified atom stereocenters. The lowest BCUT2D eigenvalue weighted by Gasteiger charge is -2.46. The molecule has 19 heavy (non-hydrogen) atoms. The van der Waals surface area contributed by atoms with E-state index in [2.05, 4.69) is 5.32 Å². The molecule has 0 aliphatic carbocycles. The maximum atomic E-state index is 12.8. The third-order valence-corrected chi connectivity index (χ3v) is 4.06. The fraction of sp³-hybridized carbons (Fsp3) is 0.929. The third-order valence-electron chi connectivity index (χ3n) is 4.06. The van der Waals surface area contributed by atoms with Gasteiger partial charge in [0.1, 0.15) is 0 Å². The monoisotopic (exact) mass is 270 g/mol. The van der Waals surface area contributed by atoms with E-state index in [-0.39, 0.29) is 18.6 Å². The Morgan fingerprint density at radius 2 is 2.16 bits per heavy atom. The van der Waals surface area contributed by atoms with E-state index in [0.29, 0.717) is 13.1 Å². The van der Waals surface area contributed by atoms with Gasteiger partial charge in [-0.1, -0.05) is 0 Å². The van der Waals surface area contributed by atoms with E-state index in [9.17, 15) is 9.90 Å². The van der Waals surface area contributed by atoms with Crippen molar-refractivity contribution in [3.8, 4) is 0 Å². The lowest BCUT2D eigenvalue weighted by Crippen LogP contribution is -2.63. The number of ether oxygens (including phenoxy) is 1. The molecular formula is C14H26N2O3. The Bertz CT molecular complexity index is 338. The Morgan fingerprint density at radius 1 is 1.42 bits per heavy atom. The summed E-state index contributed by atoms with van der Waals surface area (Å²) in [6, 6.07) is 0. The van der Waals surface area contributed by atoms with Gasteiger partial charge in [-0.25, -0.2) is 0 Å². The van der Waals surface area contributed by atoms with E-state index in [4.69, 9.17) is 4.74 Å². The second-order valence-electron chi connectivity index (χ2n) is 6.58. The van der Waals surface area contributed by atoms with E-state index in [1.165, 1.54) is 0 Å². The van der Waals surface area contributed by atoms with Gasteiger partial charge in [0.05, 0.1) is 23.9 Å². The Hall–Kier alpha value is -0.650.